The molecule has 1 fully saturated rings. The zero-order valence-corrected chi connectivity index (χ0v) is 9.61. The summed E-state index contributed by atoms with van der Waals surface area (Å²) in [7, 11) is 0. The van der Waals surface area contributed by atoms with Crippen LogP contribution in [0.1, 0.15) is 44.8 Å². The van der Waals surface area contributed by atoms with Crippen LogP contribution in [0.25, 0.3) is 0 Å². The van der Waals surface area contributed by atoms with Crippen LogP contribution in [0.3, 0.4) is 0 Å². The molecule has 1 aromatic heterocycles. The Hall–Kier alpha value is -0.890. The Morgan fingerprint density at radius 2 is 2.27 bits per heavy atom. The molecule has 0 unspecified atom stereocenters. The maximum Gasteiger partial charge on any atom is 0.0570 e. The van der Waals surface area contributed by atoms with Crippen LogP contribution in [0.15, 0.2) is 24.4 Å². The third kappa shape index (κ3) is 2.78. The summed E-state index contributed by atoms with van der Waals surface area (Å²) in [5.41, 5.74) is 1.15. The minimum atomic E-state index is 0.376. The Balaban J connectivity index is 1.90. The van der Waals surface area contributed by atoms with Gasteiger partial charge in [-0.25, -0.2) is 0 Å². The van der Waals surface area contributed by atoms with Gasteiger partial charge in [0.25, 0.3) is 0 Å². The van der Waals surface area contributed by atoms with E-state index in [2.05, 4.69) is 36.3 Å². The first-order chi connectivity index (χ1) is 7.25. The maximum absolute atomic E-state index is 4.38. The lowest BCUT2D eigenvalue weighted by molar-refractivity contribution is 0.443. The van der Waals surface area contributed by atoms with Gasteiger partial charge in [0.15, 0.2) is 0 Å². The van der Waals surface area contributed by atoms with Crippen molar-refractivity contribution >= 4 is 0 Å². The third-order valence-electron chi connectivity index (χ3n) is 3.31. The number of nitrogens with zero attached hydrogens (tertiary/aromatic N) is 1. The molecule has 2 heteroatoms. The van der Waals surface area contributed by atoms with Gasteiger partial charge in [0.05, 0.1) is 5.69 Å². The Labute approximate surface area is 92.1 Å². The molecule has 0 spiro atoms. The van der Waals surface area contributed by atoms with Crippen LogP contribution in [-0.2, 0) is 0 Å². The van der Waals surface area contributed by atoms with Crippen molar-refractivity contribution in [3.8, 4) is 0 Å². The topological polar surface area (TPSA) is 24.9 Å². The van der Waals surface area contributed by atoms with Gasteiger partial charge >= 0.3 is 0 Å². The number of hydrogen-bond donors (Lipinski definition) is 1. The predicted octanol–water partition coefficient (Wildman–Crippen LogP) is 2.92. The normalized spacial score (nSPS) is 27.9. The molecule has 1 heterocycles. The lowest BCUT2D eigenvalue weighted by Gasteiger charge is -2.18. The second kappa shape index (κ2) is 4.75. The number of aromatic nitrogens is 1. The first kappa shape index (κ1) is 10.6. The van der Waals surface area contributed by atoms with Gasteiger partial charge in [-0.2, -0.15) is 0 Å². The largest absolute Gasteiger partial charge is 0.306 e. The molecular formula is C13H20N2. The predicted molar refractivity (Wildman–Crippen MR) is 62.6 cm³/mol. The maximum atomic E-state index is 4.38. The molecule has 0 aromatic carbocycles. The standard InChI is InChI=1S/C13H20N2/c1-10-6-7-12(9-10)15-11(2)13-5-3-4-8-14-13/h3-5,8,10-12,15H,6-7,9H2,1-2H3/t10-,11-,12-/m1/s1. The van der Waals surface area contributed by atoms with Crippen molar-refractivity contribution in [1.82, 2.24) is 10.3 Å². The van der Waals surface area contributed by atoms with Crippen LogP contribution < -0.4 is 5.32 Å². The molecule has 0 bridgehead atoms. The van der Waals surface area contributed by atoms with Crippen molar-refractivity contribution in [2.45, 2.75) is 45.2 Å². The highest BCUT2D eigenvalue weighted by Gasteiger charge is 2.22. The number of hydrogen-bond acceptors (Lipinski definition) is 2. The van der Waals surface area contributed by atoms with E-state index in [-0.39, 0.29) is 0 Å². The molecule has 3 atom stereocenters. The van der Waals surface area contributed by atoms with E-state index in [0.29, 0.717) is 12.1 Å². The average Bonchev–Trinajstić information content (AvgIpc) is 2.65. The van der Waals surface area contributed by atoms with Crippen molar-refractivity contribution in [1.29, 1.82) is 0 Å². The van der Waals surface area contributed by atoms with Gasteiger partial charge in [-0.05, 0) is 44.2 Å². The minimum absolute atomic E-state index is 0.376. The fraction of sp³-hybridized carbons (Fsp3) is 0.615. The highest BCUT2D eigenvalue weighted by molar-refractivity contribution is 5.08. The van der Waals surface area contributed by atoms with E-state index in [4.69, 9.17) is 0 Å². The van der Waals surface area contributed by atoms with E-state index in [1.165, 1.54) is 19.3 Å². The average molecular weight is 204 g/mol. The van der Waals surface area contributed by atoms with Crippen LogP contribution in [0.2, 0.25) is 0 Å². The molecule has 1 N–H and O–H groups in total. The van der Waals surface area contributed by atoms with E-state index in [9.17, 15) is 0 Å². The number of nitrogens with one attached hydrogen (secondary N) is 1. The first-order valence-corrected chi connectivity index (χ1v) is 5.92. The first-order valence-electron chi connectivity index (χ1n) is 5.92. The van der Waals surface area contributed by atoms with Gasteiger partial charge in [-0.3, -0.25) is 4.98 Å². The van der Waals surface area contributed by atoms with E-state index >= 15 is 0 Å². The lowest BCUT2D eigenvalue weighted by Crippen LogP contribution is -2.29. The van der Waals surface area contributed by atoms with Crippen molar-refractivity contribution in [3.05, 3.63) is 30.1 Å². The molecule has 0 radical (unpaired) electrons. The van der Waals surface area contributed by atoms with Crippen molar-refractivity contribution in [2.75, 3.05) is 0 Å². The molecule has 0 aliphatic heterocycles. The molecule has 15 heavy (non-hydrogen) atoms. The molecule has 1 aliphatic carbocycles. The molecule has 0 saturated heterocycles. The van der Waals surface area contributed by atoms with Crippen LogP contribution in [0, 0.1) is 5.92 Å². The van der Waals surface area contributed by atoms with Gasteiger partial charge < -0.3 is 5.32 Å². The van der Waals surface area contributed by atoms with Crippen LogP contribution in [-0.4, -0.2) is 11.0 Å². The SMILES string of the molecule is C[C@@H]1CC[C@@H](N[C@H](C)c2ccccn2)C1. The van der Waals surface area contributed by atoms with E-state index in [0.717, 1.165) is 11.6 Å². The van der Waals surface area contributed by atoms with E-state index in [1.54, 1.807) is 0 Å². The minimum Gasteiger partial charge on any atom is -0.306 e. The zero-order chi connectivity index (χ0) is 10.7. The van der Waals surface area contributed by atoms with Crippen molar-refractivity contribution in [3.63, 3.8) is 0 Å². The summed E-state index contributed by atoms with van der Waals surface area (Å²) in [5.74, 6) is 0.887. The van der Waals surface area contributed by atoms with Crippen molar-refractivity contribution in [2.24, 2.45) is 5.92 Å². The van der Waals surface area contributed by atoms with E-state index in [1.807, 2.05) is 12.3 Å². The smallest absolute Gasteiger partial charge is 0.0570 e. The third-order valence-corrected chi connectivity index (χ3v) is 3.31. The molecule has 2 rings (SSSR count). The fourth-order valence-electron chi connectivity index (χ4n) is 2.43. The lowest BCUT2D eigenvalue weighted by atomic mass is 10.1. The molecular weight excluding hydrogens is 184 g/mol. The van der Waals surface area contributed by atoms with Crippen molar-refractivity contribution < 1.29 is 0 Å². The molecule has 1 aromatic rings. The number of pyridine rings is 1. The summed E-state index contributed by atoms with van der Waals surface area (Å²) in [6.07, 6.45) is 5.87. The quantitative estimate of drug-likeness (QED) is 0.819. The van der Waals surface area contributed by atoms with Crippen LogP contribution in [0.5, 0.6) is 0 Å². The molecule has 0 amide bonds. The fourth-order valence-corrected chi connectivity index (χ4v) is 2.43. The highest BCUT2D eigenvalue weighted by atomic mass is 15.0. The molecule has 82 valence electrons. The molecule has 1 saturated carbocycles. The van der Waals surface area contributed by atoms with E-state index < -0.39 is 0 Å². The summed E-state index contributed by atoms with van der Waals surface area (Å²) in [6, 6.07) is 7.18. The Morgan fingerprint density at radius 1 is 1.40 bits per heavy atom. The van der Waals surface area contributed by atoms with Gasteiger partial charge in [0.1, 0.15) is 0 Å². The van der Waals surface area contributed by atoms with Gasteiger partial charge in [-0.15, -0.1) is 0 Å². The van der Waals surface area contributed by atoms with Crippen LogP contribution in [0.4, 0.5) is 0 Å². The second-order valence-electron chi connectivity index (χ2n) is 4.76. The summed E-state index contributed by atoms with van der Waals surface area (Å²) >= 11 is 0. The summed E-state index contributed by atoms with van der Waals surface area (Å²) in [6.45, 7) is 4.54. The monoisotopic (exact) mass is 204 g/mol. The zero-order valence-electron chi connectivity index (χ0n) is 9.61. The molecule has 1 aliphatic rings. The van der Waals surface area contributed by atoms with Crippen LogP contribution >= 0.6 is 0 Å². The second-order valence-corrected chi connectivity index (χ2v) is 4.76. The summed E-state index contributed by atoms with van der Waals surface area (Å²) in [4.78, 5) is 4.38. The van der Waals surface area contributed by atoms with Gasteiger partial charge in [0.2, 0.25) is 0 Å². The Morgan fingerprint density at radius 3 is 2.87 bits per heavy atom. The van der Waals surface area contributed by atoms with Gasteiger partial charge in [0, 0.05) is 18.3 Å². The summed E-state index contributed by atoms with van der Waals surface area (Å²) in [5, 5.41) is 3.66. The summed E-state index contributed by atoms with van der Waals surface area (Å²) < 4.78 is 0. The Kier molecular flexibility index (Phi) is 3.37. The molecule has 2 nitrogen and oxygen atoms in total. The van der Waals surface area contributed by atoms with Gasteiger partial charge in [-0.1, -0.05) is 13.0 Å². The Bertz CT molecular complexity index is 297. The highest BCUT2D eigenvalue weighted by Crippen LogP contribution is 2.26. The number of rotatable bonds is 3.